The Morgan fingerprint density at radius 1 is 0.577 bits per heavy atom. The lowest BCUT2D eigenvalue weighted by molar-refractivity contribution is -0.142. The lowest BCUT2D eigenvalue weighted by Gasteiger charge is -2.27. The van der Waals surface area contributed by atoms with Gasteiger partial charge in [-0.2, -0.15) is 11.8 Å². The van der Waals surface area contributed by atoms with Crippen molar-refractivity contribution < 1.29 is 53.1 Å². The van der Waals surface area contributed by atoms with Crippen LogP contribution in [0.3, 0.4) is 0 Å². The van der Waals surface area contributed by atoms with Gasteiger partial charge in [0.15, 0.2) is 0 Å². The number of imidazole rings is 1. The van der Waals surface area contributed by atoms with E-state index in [1.165, 1.54) is 38.1 Å². The molecule has 16 N–H and O–H groups in total. The number of nitrogens with two attached hydrogens (primary N) is 3. The van der Waals surface area contributed by atoms with E-state index in [0.29, 0.717) is 37.3 Å². The summed E-state index contributed by atoms with van der Waals surface area (Å²) in [6.07, 6.45) is 6.07. The van der Waals surface area contributed by atoms with Gasteiger partial charge in [-0.1, -0.05) is 48.0 Å². The molecule has 0 radical (unpaired) electrons. The minimum absolute atomic E-state index is 0.0186. The number of hydrogen-bond acceptors (Lipinski definition) is 14. The van der Waals surface area contributed by atoms with Gasteiger partial charge in [-0.15, -0.1) is 0 Å². The third-order valence-corrected chi connectivity index (χ3v) is 11.6. The summed E-state index contributed by atoms with van der Waals surface area (Å²) in [6.45, 7) is 14.1. The highest BCUT2D eigenvalue weighted by molar-refractivity contribution is 7.98. The molecule has 24 nitrogen and oxygen atoms in total. The maximum Gasteiger partial charge on any atom is 0.326 e. The number of carboxylic acid groups (broad SMARTS) is 1. The third-order valence-electron chi connectivity index (χ3n) is 11.0. The summed E-state index contributed by atoms with van der Waals surface area (Å²) < 4.78 is 0. The number of thioether (sulfide) groups is 1. The first-order chi connectivity index (χ1) is 33.3. The molecular formula is C46H81N13O11S. The lowest BCUT2D eigenvalue weighted by atomic mass is 9.99. The SMILES string of the molecule is CSCC[C@H](NC(=O)[C@H](C)NC(=O)[C@H](CC(C)C)NC(=O)[C@H](CC(C)C)NC(=O)[C@@H](N)CCCCN)C(=O)N[C@@H](CCC(N)=O)C(=O)N[C@@H](C)C(=O)N[C@@H](Cc1cnc[nH]1)C(=O)N[C@@H](CC(C)C)C(=O)O. The molecule has 0 spiro atoms. The Balaban J connectivity index is 3.22. The highest BCUT2D eigenvalue weighted by atomic mass is 32.2. The number of carboxylic acids is 1. The quantitative estimate of drug-likeness (QED) is 0.0347. The Morgan fingerprint density at radius 2 is 1.00 bits per heavy atom. The number of rotatable bonds is 35. The highest BCUT2D eigenvalue weighted by Crippen LogP contribution is 2.12. The molecule has 0 aromatic carbocycles. The van der Waals surface area contributed by atoms with E-state index in [0.717, 1.165) is 0 Å². The maximum atomic E-state index is 13.9. The molecule has 0 aliphatic heterocycles. The largest absolute Gasteiger partial charge is 0.480 e. The number of aromatic nitrogens is 2. The summed E-state index contributed by atoms with van der Waals surface area (Å²) in [5, 5.41) is 30.4. The van der Waals surface area contributed by atoms with Crippen LogP contribution in [-0.2, 0) is 54.4 Å². The molecule has 1 aromatic heterocycles. The zero-order valence-electron chi connectivity index (χ0n) is 42.7. The number of H-pyrrole nitrogens is 1. The van der Waals surface area contributed by atoms with E-state index in [4.69, 9.17) is 17.2 Å². The van der Waals surface area contributed by atoms with E-state index in [1.807, 2.05) is 27.7 Å². The molecule has 0 unspecified atom stereocenters. The standard InChI is InChI=1S/C46H81N13O11S/c1-24(2)18-33(58-44(67)34(19-25(3)4)57-40(63)30(48)12-10-11-16-47)43(66)53-27(7)38(61)54-32(15-17-71-9)42(65)55-31(13-14-37(49)60)41(64)52-28(8)39(62)56-35(21-29-22-50-23-51-29)45(68)59-36(46(69)70)20-26(5)6/h22-28,30-36H,10-21,47-48H2,1-9H3,(H2,49,60)(H,50,51)(H,52,64)(H,53,66)(H,54,61)(H,55,65)(H,56,62)(H,57,63)(H,58,67)(H,59,68)(H,69,70)/t27-,28-,30-,31-,32-,33-,34-,35-,36-/m0/s1. The van der Waals surface area contributed by atoms with Crippen molar-refractivity contribution in [3.05, 3.63) is 18.2 Å². The van der Waals surface area contributed by atoms with Crippen molar-refractivity contribution in [2.24, 2.45) is 35.0 Å². The van der Waals surface area contributed by atoms with E-state index in [2.05, 4.69) is 52.5 Å². The lowest BCUT2D eigenvalue weighted by Crippen LogP contribution is -2.60. The first-order valence-corrected chi connectivity index (χ1v) is 25.5. The second-order valence-corrected chi connectivity index (χ2v) is 20.0. The van der Waals surface area contributed by atoms with Crippen molar-refractivity contribution >= 4 is 70.9 Å². The second kappa shape index (κ2) is 32.9. The van der Waals surface area contributed by atoms with Crippen LogP contribution < -0.4 is 59.7 Å². The molecule has 1 heterocycles. The van der Waals surface area contributed by atoms with Gasteiger partial charge < -0.3 is 69.8 Å². The first-order valence-electron chi connectivity index (χ1n) is 24.2. The fraction of sp³-hybridized carbons (Fsp3) is 0.717. The molecule has 9 atom stereocenters. The van der Waals surface area contributed by atoms with E-state index >= 15 is 0 Å². The monoisotopic (exact) mass is 1020 g/mol. The summed E-state index contributed by atoms with van der Waals surface area (Å²) in [4.78, 5) is 139. The van der Waals surface area contributed by atoms with Gasteiger partial charge in [0.25, 0.3) is 0 Å². The second-order valence-electron chi connectivity index (χ2n) is 19.0. The number of primary amides is 1. The van der Waals surface area contributed by atoms with Crippen LogP contribution in [0.15, 0.2) is 12.5 Å². The van der Waals surface area contributed by atoms with Crippen molar-refractivity contribution in [2.45, 2.75) is 174 Å². The van der Waals surface area contributed by atoms with Gasteiger partial charge in [-0.05, 0) is 95.1 Å². The normalized spacial score (nSPS) is 15.1. The number of nitrogens with zero attached hydrogens (tertiary/aromatic N) is 1. The molecule has 402 valence electrons. The number of hydrogen-bond donors (Lipinski definition) is 13. The highest BCUT2D eigenvalue weighted by Gasteiger charge is 2.34. The van der Waals surface area contributed by atoms with Gasteiger partial charge in [-0.25, -0.2) is 9.78 Å². The fourth-order valence-corrected chi connectivity index (χ4v) is 7.54. The number of amides is 9. The van der Waals surface area contributed by atoms with Crippen molar-refractivity contribution in [1.29, 1.82) is 0 Å². The van der Waals surface area contributed by atoms with Gasteiger partial charge in [-0.3, -0.25) is 43.2 Å². The number of carbonyl (C=O) groups excluding carboxylic acids is 9. The van der Waals surface area contributed by atoms with Crippen LogP contribution in [0.5, 0.6) is 0 Å². The summed E-state index contributed by atoms with van der Waals surface area (Å²) in [5.41, 5.74) is 17.5. The predicted molar refractivity (Wildman–Crippen MR) is 267 cm³/mol. The molecule has 9 amide bonds. The summed E-state index contributed by atoms with van der Waals surface area (Å²) in [7, 11) is 0. The van der Waals surface area contributed by atoms with Crippen molar-refractivity contribution in [3.63, 3.8) is 0 Å². The number of carbonyl (C=O) groups is 10. The van der Waals surface area contributed by atoms with E-state index in [9.17, 15) is 53.1 Å². The minimum atomic E-state index is -1.45. The van der Waals surface area contributed by atoms with Gasteiger partial charge >= 0.3 is 5.97 Å². The van der Waals surface area contributed by atoms with Crippen LogP contribution in [0.25, 0.3) is 0 Å². The molecule has 71 heavy (non-hydrogen) atoms. The average molecular weight is 1020 g/mol. The van der Waals surface area contributed by atoms with E-state index < -0.39 is 114 Å². The predicted octanol–water partition coefficient (Wildman–Crippen LogP) is -1.43. The Morgan fingerprint density at radius 3 is 1.48 bits per heavy atom. The molecule has 0 fully saturated rings. The fourth-order valence-electron chi connectivity index (χ4n) is 7.07. The Hall–Kier alpha value is -5.82. The van der Waals surface area contributed by atoms with Gasteiger partial charge in [0, 0.05) is 24.7 Å². The van der Waals surface area contributed by atoms with Crippen LogP contribution in [0.2, 0.25) is 0 Å². The smallest absolute Gasteiger partial charge is 0.326 e. The van der Waals surface area contributed by atoms with Gasteiger partial charge in [0.1, 0.15) is 48.3 Å². The average Bonchev–Trinajstić information content (AvgIpc) is 3.80. The maximum absolute atomic E-state index is 13.9. The summed E-state index contributed by atoms with van der Waals surface area (Å²) >= 11 is 1.36. The van der Waals surface area contributed by atoms with Crippen LogP contribution in [0.1, 0.15) is 119 Å². The van der Waals surface area contributed by atoms with Crippen LogP contribution in [0.4, 0.5) is 0 Å². The molecule has 0 aliphatic carbocycles. The van der Waals surface area contributed by atoms with Crippen molar-refractivity contribution in [2.75, 3.05) is 18.6 Å². The molecular weight excluding hydrogens is 943 g/mol. The molecule has 0 saturated carbocycles. The molecule has 0 bridgehead atoms. The third kappa shape index (κ3) is 25.2. The minimum Gasteiger partial charge on any atom is -0.480 e. The molecule has 0 aliphatic rings. The zero-order chi connectivity index (χ0) is 54.0. The Labute approximate surface area is 421 Å². The number of aromatic amines is 1. The topological polar surface area (TPSA) is 394 Å². The van der Waals surface area contributed by atoms with Crippen LogP contribution in [0, 0.1) is 17.8 Å². The Kier molecular flexibility index (Phi) is 29.3. The van der Waals surface area contributed by atoms with Crippen LogP contribution >= 0.6 is 11.8 Å². The van der Waals surface area contributed by atoms with Gasteiger partial charge in [0.05, 0.1) is 12.4 Å². The summed E-state index contributed by atoms with van der Waals surface area (Å²) in [6, 6.07) is -10.8. The number of aliphatic carboxylic acids is 1. The van der Waals surface area contributed by atoms with E-state index in [1.54, 1.807) is 20.1 Å². The van der Waals surface area contributed by atoms with Crippen LogP contribution in [-0.4, -0.2) is 147 Å². The Bertz CT molecular complexity index is 1900. The van der Waals surface area contributed by atoms with Crippen molar-refractivity contribution in [1.82, 2.24) is 52.5 Å². The number of nitrogens with one attached hydrogen (secondary N) is 9. The first kappa shape index (κ1) is 63.2. The number of unbranched alkanes of at least 4 members (excludes halogenated alkanes) is 1. The molecule has 0 saturated heterocycles. The molecule has 1 rings (SSSR count). The molecule has 25 heteroatoms. The zero-order valence-corrected chi connectivity index (χ0v) is 43.5. The molecule has 1 aromatic rings. The van der Waals surface area contributed by atoms with Crippen molar-refractivity contribution in [3.8, 4) is 0 Å². The van der Waals surface area contributed by atoms with E-state index in [-0.39, 0.29) is 62.7 Å². The summed E-state index contributed by atoms with van der Waals surface area (Å²) in [5.74, 6) is -7.88. The van der Waals surface area contributed by atoms with Gasteiger partial charge in [0.2, 0.25) is 53.2 Å².